The molecule has 0 aromatic carbocycles. The molecule has 2 rings (SSSR count). The average molecular weight is 264 g/mol. The molecule has 3 heteroatoms. The molecular formula is C16H28N2O. The molecule has 0 radical (unpaired) electrons. The molecular weight excluding hydrogens is 236 g/mol. The van der Waals surface area contributed by atoms with Crippen LogP contribution in [-0.2, 0) is 6.42 Å². The Morgan fingerprint density at radius 1 is 1.53 bits per heavy atom. The summed E-state index contributed by atoms with van der Waals surface area (Å²) in [4.78, 5) is 0. The Morgan fingerprint density at radius 3 is 2.74 bits per heavy atom. The molecule has 19 heavy (non-hydrogen) atoms. The van der Waals surface area contributed by atoms with Crippen molar-refractivity contribution in [2.75, 3.05) is 0 Å². The summed E-state index contributed by atoms with van der Waals surface area (Å²) in [5.41, 5.74) is 0.679. The molecule has 1 heterocycles. The molecule has 1 aromatic rings. The largest absolute Gasteiger partial charge is 0.389 e. The molecule has 0 saturated heterocycles. The molecule has 0 bridgehead atoms. The molecule has 108 valence electrons. The van der Waals surface area contributed by atoms with Gasteiger partial charge in [0, 0.05) is 18.7 Å². The summed E-state index contributed by atoms with van der Waals surface area (Å²) >= 11 is 0. The summed E-state index contributed by atoms with van der Waals surface area (Å²) in [5, 5.41) is 15.5. The standard InChI is InChI=1S/C16H28N2O/c1-6-13(3)18-8-7-14(17-18)10-16(19)11-15(4,5)9-12(16)2/h7-8,12-13,19H,6,9-11H2,1-5H3. The number of nitrogens with zero attached hydrogens (tertiary/aromatic N) is 2. The number of hydrogen-bond acceptors (Lipinski definition) is 2. The lowest BCUT2D eigenvalue weighted by Crippen LogP contribution is -2.35. The Bertz CT molecular complexity index is 438. The van der Waals surface area contributed by atoms with Crippen molar-refractivity contribution in [2.24, 2.45) is 11.3 Å². The van der Waals surface area contributed by atoms with Crippen molar-refractivity contribution in [1.29, 1.82) is 0 Å². The van der Waals surface area contributed by atoms with Gasteiger partial charge in [-0.25, -0.2) is 0 Å². The van der Waals surface area contributed by atoms with E-state index >= 15 is 0 Å². The van der Waals surface area contributed by atoms with Gasteiger partial charge >= 0.3 is 0 Å². The minimum absolute atomic E-state index is 0.243. The van der Waals surface area contributed by atoms with E-state index < -0.39 is 5.60 Å². The predicted octanol–water partition coefficient (Wildman–Crippen LogP) is 3.58. The van der Waals surface area contributed by atoms with Crippen LogP contribution in [0.1, 0.15) is 65.6 Å². The van der Waals surface area contributed by atoms with Crippen molar-refractivity contribution < 1.29 is 5.11 Å². The number of aromatic nitrogens is 2. The van der Waals surface area contributed by atoms with E-state index in [1.54, 1.807) is 0 Å². The highest BCUT2D eigenvalue weighted by atomic mass is 16.3. The zero-order chi connectivity index (χ0) is 14.3. The van der Waals surface area contributed by atoms with Crippen molar-refractivity contribution in [3.63, 3.8) is 0 Å². The monoisotopic (exact) mass is 264 g/mol. The van der Waals surface area contributed by atoms with Gasteiger partial charge in [0.2, 0.25) is 0 Å². The lowest BCUT2D eigenvalue weighted by Gasteiger charge is -2.27. The van der Waals surface area contributed by atoms with Crippen LogP contribution in [0.25, 0.3) is 0 Å². The Labute approximate surface area is 117 Å². The third-order valence-electron chi connectivity index (χ3n) is 4.75. The maximum atomic E-state index is 10.9. The SMILES string of the molecule is CCC(C)n1ccc(CC2(O)CC(C)(C)CC2C)n1. The molecule has 0 aliphatic heterocycles. The van der Waals surface area contributed by atoms with Gasteiger partial charge in [-0.15, -0.1) is 0 Å². The van der Waals surface area contributed by atoms with Crippen molar-refractivity contribution in [3.8, 4) is 0 Å². The first-order valence-electron chi connectivity index (χ1n) is 7.52. The molecule has 1 aliphatic carbocycles. The van der Waals surface area contributed by atoms with Crippen LogP contribution >= 0.6 is 0 Å². The minimum atomic E-state index is -0.585. The van der Waals surface area contributed by atoms with E-state index in [2.05, 4.69) is 45.8 Å². The van der Waals surface area contributed by atoms with Gasteiger partial charge in [0.25, 0.3) is 0 Å². The van der Waals surface area contributed by atoms with E-state index in [9.17, 15) is 5.11 Å². The first kappa shape index (κ1) is 14.6. The van der Waals surface area contributed by atoms with Crippen molar-refractivity contribution in [1.82, 2.24) is 9.78 Å². The zero-order valence-electron chi connectivity index (χ0n) is 13.0. The third-order valence-corrected chi connectivity index (χ3v) is 4.75. The molecule has 1 aliphatic rings. The summed E-state index contributed by atoms with van der Waals surface area (Å²) in [5.74, 6) is 0.344. The minimum Gasteiger partial charge on any atom is -0.389 e. The fraction of sp³-hybridized carbons (Fsp3) is 0.812. The van der Waals surface area contributed by atoms with Gasteiger partial charge in [-0.2, -0.15) is 5.10 Å². The van der Waals surface area contributed by atoms with E-state index in [1.807, 2.05) is 10.9 Å². The van der Waals surface area contributed by atoms with Gasteiger partial charge in [-0.05, 0) is 43.6 Å². The molecule has 1 N–H and O–H groups in total. The first-order valence-corrected chi connectivity index (χ1v) is 7.52. The van der Waals surface area contributed by atoms with E-state index in [0.717, 1.165) is 25.0 Å². The van der Waals surface area contributed by atoms with Crippen molar-refractivity contribution in [3.05, 3.63) is 18.0 Å². The van der Waals surface area contributed by atoms with E-state index in [1.165, 1.54) is 0 Å². The summed E-state index contributed by atoms with van der Waals surface area (Å²) in [6, 6.07) is 2.49. The zero-order valence-corrected chi connectivity index (χ0v) is 13.0. The van der Waals surface area contributed by atoms with E-state index in [4.69, 9.17) is 0 Å². The van der Waals surface area contributed by atoms with Gasteiger partial charge in [0.05, 0.1) is 11.3 Å². The third kappa shape index (κ3) is 3.02. The molecule has 3 unspecified atom stereocenters. The maximum absolute atomic E-state index is 10.9. The van der Waals surface area contributed by atoms with Gasteiger partial charge in [-0.3, -0.25) is 4.68 Å². The Balaban J connectivity index is 2.11. The second kappa shape index (κ2) is 4.93. The molecule has 0 spiro atoms. The second-order valence-electron chi connectivity index (χ2n) is 7.27. The summed E-state index contributed by atoms with van der Waals surface area (Å²) in [6.45, 7) is 11.0. The summed E-state index contributed by atoms with van der Waals surface area (Å²) in [6.07, 6.45) is 5.76. The first-order chi connectivity index (χ1) is 8.76. The highest BCUT2D eigenvalue weighted by Crippen LogP contribution is 2.48. The highest BCUT2D eigenvalue weighted by molar-refractivity contribution is 5.09. The van der Waals surface area contributed by atoms with Gasteiger partial charge in [0.1, 0.15) is 0 Å². The van der Waals surface area contributed by atoms with Crippen molar-refractivity contribution >= 4 is 0 Å². The molecule has 1 aromatic heterocycles. The fourth-order valence-electron chi connectivity index (χ4n) is 3.55. The van der Waals surface area contributed by atoms with Crippen molar-refractivity contribution in [2.45, 2.75) is 71.9 Å². The molecule has 3 nitrogen and oxygen atoms in total. The van der Waals surface area contributed by atoms with Crippen LogP contribution in [-0.4, -0.2) is 20.5 Å². The second-order valence-corrected chi connectivity index (χ2v) is 7.27. The fourth-order valence-corrected chi connectivity index (χ4v) is 3.55. The lowest BCUT2D eigenvalue weighted by atomic mass is 9.86. The Hall–Kier alpha value is -0.830. The number of rotatable bonds is 4. The van der Waals surface area contributed by atoms with Crippen LogP contribution < -0.4 is 0 Å². The van der Waals surface area contributed by atoms with Crippen LogP contribution in [0.4, 0.5) is 0 Å². The topological polar surface area (TPSA) is 38.0 Å². The normalized spacial score (nSPS) is 31.6. The predicted molar refractivity (Wildman–Crippen MR) is 78.1 cm³/mol. The quantitative estimate of drug-likeness (QED) is 0.902. The average Bonchev–Trinajstić information content (AvgIpc) is 2.81. The molecule has 0 amide bonds. The maximum Gasteiger partial charge on any atom is 0.0734 e. The van der Waals surface area contributed by atoms with Crippen LogP contribution in [0.3, 0.4) is 0 Å². The van der Waals surface area contributed by atoms with Crippen LogP contribution in [0.15, 0.2) is 12.3 Å². The summed E-state index contributed by atoms with van der Waals surface area (Å²) < 4.78 is 2.02. The smallest absolute Gasteiger partial charge is 0.0734 e. The van der Waals surface area contributed by atoms with Gasteiger partial charge in [-0.1, -0.05) is 27.7 Å². The lowest BCUT2D eigenvalue weighted by molar-refractivity contribution is 0.00345. The van der Waals surface area contributed by atoms with Crippen LogP contribution in [0.5, 0.6) is 0 Å². The van der Waals surface area contributed by atoms with E-state index in [0.29, 0.717) is 18.4 Å². The number of aliphatic hydroxyl groups is 1. The molecule has 1 fully saturated rings. The molecule has 3 atom stereocenters. The Morgan fingerprint density at radius 2 is 2.21 bits per heavy atom. The van der Waals surface area contributed by atoms with Gasteiger partial charge in [0.15, 0.2) is 0 Å². The summed E-state index contributed by atoms with van der Waals surface area (Å²) in [7, 11) is 0. The highest BCUT2D eigenvalue weighted by Gasteiger charge is 2.47. The van der Waals surface area contributed by atoms with Crippen LogP contribution in [0.2, 0.25) is 0 Å². The van der Waals surface area contributed by atoms with E-state index in [-0.39, 0.29) is 5.41 Å². The Kier molecular flexibility index (Phi) is 3.78. The number of hydrogen-bond donors (Lipinski definition) is 1. The van der Waals surface area contributed by atoms with Gasteiger partial charge < -0.3 is 5.11 Å². The van der Waals surface area contributed by atoms with Crippen LogP contribution in [0, 0.1) is 11.3 Å². The molecule has 1 saturated carbocycles.